The van der Waals surface area contributed by atoms with Gasteiger partial charge in [-0.15, -0.1) is 0 Å². The average molecular weight is 323 g/mol. The van der Waals surface area contributed by atoms with Crippen LogP contribution in [0.4, 0.5) is 4.79 Å². The number of hydrogen-bond donors (Lipinski definition) is 2. The van der Waals surface area contributed by atoms with Crippen molar-refractivity contribution in [1.82, 2.24) is 5.32 Å². The van der Waals surface area contributed by atoms with E-state index in [0.717, 1.165) is 5.56 Å². The summed E-state index contributed by atoms with van der Waals surface area (Å²) in [6.45, 7) is 4.08. The lowest BCUT2D eigenvalue weighted by molar-refractivity contribution is -0.143. The summed E-state index contributed by atoms with van der Waals surface area (Å²) in [5.41, 5.74) is 0.873. The molecule has 0 aromatic heterocycles. The van der Waals surface area contributed by atoms with Crippen molar-refractivity contribution in [2.75, 3.05) is 7.11 Å². The third-order valence-corrected chi connectivity index (χ3v) is 3.31. The van der Waals surface area contributed by atoms with E-state index in [2.05, 4.69) is 10.1 Å². The van der Waals surface area contributed by atoms with Crippen LogP contribution in [0.15, 0.2) is 30.3 Å². The molecule has 0 aliphatic carbocycles. The second kappa shape index (κ2) is 9.84. The number of methoxy groups -OCH3 is 1. The molecule has 0 bridgehead atoms. The molecule has 6 heteroatoms. The number of aliphatic hydroxyl groups excluding tert-OH is 1. The fourth-order valence-electron chi connectivity index (χ4n) is 2.13. The zero-order valence-corrected chi connectivity index (χ0v) is 13.8. The molecule has 128 valence electrons. The highest BCUT2D eigenvalue weighted by molar-refractivity contribution is 5.70. The van der Waals surface area contributed by atoms with Crippen molar-refractivity contribution < 1.29 is 24.2 Å². The van der Waals surface area contributed by atoms with Crippen molar-refractivity contribution in [3.05, 3.63) is 35.9 Å². The minimum absolute atomic E-state index is 0.147. The van der Waals surface area contributed by atoms with Gasteiger partial charge in [-0.2, -0.15) is 0 Å². The standard InChI is InChI=1S/C17H25NO5/c1-12(2)9-14(15(19)10-16(20)22-3)18-17(21)23-11-13-7-5-4-6-8-13/h4-8,12,14-15,19H,9-11H2,1-3H3,(H,18,21)/t14-,15-/m0/s1. The van der Waals surface area contributed by atoms with E-state index in [0.29, 0.717) is 6.42 Å². The highest BCUT2D eigenvalue weighted by Gasteiger charge is 2.25. The first-order chi connectivity index (χ1) is 10.9. The minimum atomic E-state index is -1.02. The average Bonchev–Trinajstić information content (AvgIpc) is 2.52. The predicted molar refractivity (Wildman–Crippen MR) is 85.6 cm³/mol. The van der Waals surface area contributed by atoms with Gasteiger partial charge >= 0.3 is 12.1 Å². The van der Waals surface area contributed by atoms with Crippen molar-refractivity contribution in [1.29, 1.82) is 0 Å². The maximum Gasteiger partial charge on any atom is 0.407 e. The molecular formula is C17H25NO5. The summed E-state index contributed by atoms with van der Waals surface area (Å²) >= 11 is 0. The molecule has 0 saturated carbocycles. The van der Waals surface area contributed by atoms with Gasteiger partial charge in [0.1, 0.15) is 6.61 Å². The molecule has 1 aromatic carbocycles. The second-order valence-electron chi connectivity index (χ2n) is 5.79. The number of aliphatic hydroxyl groups is 1. The Morgan fingerprint density at radius 3 is 2.43 bits per heavy atom. The van der Waals surface area contributed by atoms with Gasteiger partial charge in [0.2, 0.25) is 0 Å². The van der Waals surface area contributed by atoms with E-state index in [1.165, 1.54) is 7.11 Å². The first kappa shape index (κ1) is 19.0. The Bertz CT molecular complexity index is 489. The number of rotatable bonds is 8. The molecule has 0 aliphatic heterocycles. The summed E-state index contributed by atoms with van der Waals surface area (Å²) in [4.78, 5) is 23.2. The fraction of sp³-hybridized carbons (Fsp3) is 0.529. The van der Waals surface area contributed by atoms with E-state index < -0.39 is 24.2 Å². The lowest BCUT2D eigenvalue weighted by atomic mass is 9.97. The van der Waals surface area contributed by atoms with Crippen molar-refractivity contribution >= 4 is 12.1 Å². The topological polar surface area (TPSA) is 84.9 Å². The lowest BCUT2D eigenvalue weighted by Crippen LogP contribution is -2.45. The molecule has 0 radical (unpaired) electrons. The Balaban J connectivity index is 2.54. The van der Waals surface area contributed by atoms with Gasteiger partial charge in [-0.05, 0) is 17.9 Å². The maximum atomic E-state index is 11.9. The second-order valence-corrected chi connectivity index (χ2v) is 5.79. The molecule has 1 rings (SSSR count). The third-order valence-electron chi connectivity index (χ3n) is 3.31. The van der Waals surface area contributed by atoms with Crippen molar-refractivity contribution in [2.45, 2.75) is 45.4 Å². The molecule has 2 N–H and O–H groups in total. The smallest absolute Gasteiger partial charge is 0.407 e. The zero-order valence-electron chi connectivity index (χ0n) is 13.8. The molecule has 2 atom stereocenters. The number of esters is 1. The van der Waals surface area contributed by atoms with Gasteiger partial charge < -0.3 is 19.9 Å². The van der Waals surface area contributed by atoms with E-state index >= 15 is 0 Å². The summed E-state index contributed by atoms with van der Waals surface area (Å²) in [5, 5.41) is 12.8. The molecule has 1 aromatic rings. The number of carbonyl (C=O) groups is 2. The number of hydrogen-bond acceptors (Lipinski definition) is 5. The fourth-order valence-corrected chi connectivity index (χ4v) is 2.13. The predicted octanol–water partition coefficient (Wildman–Crippen LogP) is 2.25. The molecule has 1 amide bonds. The minimum Gasteiger partial charge on any atom is -0.469 e. The Morgan fingerprint density at radius 2 is 1.87 bits per heavy atom. The van der Waals surface area contributed by atoms with Gasteiger partial charge in [0.25, 0.3) is 0 Å². The first-order valence-corrected chi connectivity index (χ1v) is 7.64. The molecule has 0 aliphatic rings. The molecular weight excluding hydrogens is 298 g/mol. The SMILES string of the molecule is COC(=O)C[C@H](O)[C@H](CC(C)C)NC(=O)OCc1ccccc1. The summed E-state index contributed by atoms with van der Waals surface area (Å²) in [5.74, 6) is -0.285. The van der Waals surface area contributed by atoms with Gasteiger partial charge in [0.15, 0.2) is 0 Å². The van der Waals surface area contributed by atoms with Crippen LogP contribution in [0.3, 0.4) is 0 Å². The monoisotopic (exact) mass is 323 g/mol. The van der Waals surface area contributed by atoms with Crippen LogP contribution in [0.25, 0.3) is 0 Å². The van der Waals surface area contributed by atoms with Crippen LogP contribution in [0, 0.1) is 5.92 Å². The summed E-state index contributed by atoms with van der Waals surface area (Å²) in [7, 11) is 1.26. The Labute approximate surface area is 136 Å². The van der Waals surface area contributed by atoms with Crippen LogP contribution in [-0.2, 0) is 20.9 Å². The zero-order chi connectivity index (χ0) is 17.2. The normalized spacial score (nSPS) is 13.3. The van der Waals surface area contributed by atoms with E-state index in [4.69, 9.17) is 4.74 Å². The number of alkyl carbamates (subject to hydrolysis) is 1. The van der Waals surface area contributed by atoms with Gasteiger partial charge in [-0.25, -0.2) is 4.79 Å². The third kappa shape index (κ3) is 7.65. The summed E-state index contributed by atoms with van der Waals surface area (Å²) in [6, 6.07) is 8.73. The largest absolute Gasteiger partial charge is 0.469 e. The van der Waals surface area contributed by atoms with Gasteiger partial charge in [0, 0.05) is 0 Å². The summed E-state index contributed by atoms with van der Waals surface area (Å²) in [6.07, 6.45) is -1.29. The number of ether oxygens (including phenoxy) is 2. The van der Waals surface area contributed by atoms with E-state index in [9.17, 15) is 14.7 Å². The van der Waals surface area contributed by atoms with Crippen LogP contribution < -0.4 is 5.32 Å². The highest BCUT2D eigenvalue weighted by atomic mass is 16.5. The number of carbonyl (C=O) groups excluding carboxylic acids is 2. The van der Waals surface area contributed by atoms with Crippen molar-refractivity contribution in [3.8, 4) is 0 Å². The first-order valence-electron chi connectivity index (χ1n) is 7.64. The molecule has 23 heavy (non-hydrogen) atoms. The van der Waals surface area contributed by atoms with Gasteiger partial charge in [-0.1, -0.05) is 44.2 Å². The number of amides is 1. The van der Waals surface area contributed by atoms with E-state index in [-0.39, 0.29) is 18.9 Å². The lowest BCUT2D eigenvalue weighted by Gasteiger charge is -2.24. The quantitative estimate of drug-likeness (QED) is 0.717. The highest BCUT2D eigenvalue weighted by Crippen LogP contribution is 2.12. The number of nitrogens with one attached hydrogen (secondary N) is 1. The van der Waals surface area contributed by atoms with Crippen LogP contribution in [0.5, 0.6) is 0 Å². The molecule has 0 heterocycles. The van der Waals surface area contributed by atoms with Crippen LogP contribution in [0.2, 0.25) is 0 Å². The van der Waals surface area contributed by atoms with Gasteiger partial charge in [-0.3, -0.25) is 4.79 Å². The summed E-state index contributed by atoms with van der Waals surface area (Å²) < 4.78 is 9.69. The molecule has 0 spiro atoms. The maximum absolute atomic E-state index is 11.9. The molecule has 0 saturated heterocycles. The van der Waals surface area contributed by atoms with Crippen LogP contribution in [0.1, 0.15) is 32.3 Å². The van der Waals surface area contributed by atoms with Gasteiger partial charge in [0.05, 0.1) is 25.7 Å². The molecule has 0 unspecified atom stereocenters. The molecule has 0 fully saturated rings. The number of benzene rings is 1. The van der Waals surface area contributed by atoms with E-state index in [1.807, 2.05) is 44.2 Å². The Hall–Kier alpha value is -2.08. The Morgan fingerprint density at radius 1 is 1.22 bits per heavy atom. The van der Waals surface area contributed by atoms with Crippen molar-refractivity contribution in [2.24, 2.45) is 5.92 Å². The molecule has 6 nitrogen and oxygen atoms in total. The van der Waals surface area contributed by atoms with Crippen LogP contribution >= 0.6 is 0 Å². The Kier molecular flexibility index (Phi) is 8.11. The van der Waals surface area contributed by atoms with Crippen molar-refractivity contribution in [3.63, 3.8) is 0 Å². The van der Waals surface area contributed by atoms with E-state index in [1.54, 1.807) is 0 Å². The van der Waals surface area contributed by atoms with Crippen LogP contribution in [-0.4, -0.2) is 36.4 Å².